The number of terminal acetylenes is 1. The predicted octanol–water partition coefficient (Wildman–Crippen LogP) is 1.61. The molecule has 4 heteroatoms. The number of amides is 1. The van der Waals surface area contributed by atoms with Crippen molar-refractivity contribution in [1.82, 2.24) is 5.32 Å². The fourth-order valence-electron chi connectivity index (χ4n) is 1.39. The lowest BCUT2D eigenvalue weighted by Crippen LogP contribution is -2.19. The van der Waals surface area contributed by atoms with Crippen LogP contribution in [0.5, 0.6) is 0 Å². The maximum absolute atomic E-state index is 11.8. The lowest BCUT2D eigenvalue weighted by atomic mass is 10.1. The molecule has 0 aliphatic carbocycles. The molecule has 0 saturated heterocycles. The number of carbonyl (C=O) groups is 2. The van der Waals surface area contributed by atoms with Crippen molar-refractivity contribution in [3.63, 3.8) is 0 Å². The molecule has 1 N–H and O–H groups in total. The van der Waals surface area contributed by atoms with Crippen LogP contribution in [-0.4, -0.2) is 25.0 Å². The second-order valence-electron chi connectivity index (χ2n) is 3.78. The van der Waals surface area contributed by atoms with E-state index in [1.807, 2.05) is 0 Å². The zero-order valence-corrected chi connectivity index (χ0v) is 10.4. The van der Waals surface area contributed by atoms with E-state index >= 15 is 0 Å². The molecule has 0 heterocycles. The second kappa shape index (κ2) is 6.45. The Morgan fingerprint density at radius 1 is 1.44 bits per heavy atom. The number of esters is 1. The lowest BCUT2D eigenvalue weighted by molar-refractivity contribution is 0.0352. The molecule has 4 nitrogen and oxygen atoms in total. The van der Waals surface area contributed by atoms with Gasteiger partial charge in [0.15, 0.2) is 0 Å². The van der Waals surface area contributed by atoms with Gasteiger partial charge in [0.2, 0.25) is 0 Å². The summed E-state index contributed by atoms with van der Waals surface area (Å²) in [6.07, 6.45) is 5.15. The van der Waals surface area contributed by atoms with E-state index < -0.39 is 5.97 Å². The Morgan fingerprint density at radius 3 is 2.72 bits per heavy atom. The number of benzene rings is 1. The van der Waals surface area contributed by atoms with Gasteiger partial charge in [0, 0.05) is 19.0 Å². The van der Waals surface area contributed by atoms with Crippen LogP contribution in [0.2, 0.25) is 0 Å². The van der Waals surface area contributed by atoms with Gasteiger partial charge in [-0.15, -0.1) is 12.3 Å². The number of nitrogens with one attached hydrogen (secondary N) is 1. The van der Waals surface area contributed by atoms with Gasteiger partial charge in [-0.1, -0.05) is 6.07 Å². The molecular weight excluding hydrogens is 230 g/mol. The van der Waals surface area contributed by atoms with Gasteiger partial charge in [-0.2, -0.15) is 0 Å². The molecule has 0 unspecified atom stereocenters. The Balaban J connectivity index is 2.81. The van der Waals surface area contributed by atoms with E-state index in [1.165, 1.54) is 13.1 Å². The molecule has 0 saturated carbocycles. The summed E-state index contributed by atoms with van der Waals surface area (Å²) in [6.45, 7) is 1.72. The van der Waals surface area contributed by atoms with Gasteiger partial charge < -0.3 is 10.1 Å². The maximum Gasteiger partial charge on any atom is 0.338 e. The monoisotopic (exact) mass is 245 g/mol. The van der Waals surface area contributed by atoms with Gasteiger partial charge in [-0.05, 0) is 25.1 Å². The molecule has 1 atom stereocenters. The zero-order valence-electron chi connectivity index (χ0n) is 10.4. The Hall–Kier alpha value is -2.28. The molecule has 0 spiro atoms. The Kier molecular flexibility index (Phi) is 4.94. The fraction of sp³-hybridized carbons (Fsp3) is 0.286. The van der Waals surface area contributed by atoms with Crippen molar-refractivity contribution in [2.45, 2.75) is 19.4 Å². The molecule has 18 heavy (non-hydrogen) atoms. The van der Waals surface area contributed by atoms with Gasteiger partial charge in [-0.25, -0.2) is 4.79 Å². The summed E-state index contributed by atoms with van der Waals surface area (Å²) in [5.41, 5.74) is 0.747. The third-order valence-electron chi connectivity index (χ3n) is 2.30. The standard InChI is InChI=1S/C14H15NO3/c1-4-6-10(2)18-14(17)12-8-5-7-11(9-12)13(16)15-3/h1,5,7-10H,6H2,2-3H3,(H,15,16)/t10-/m1/s1. The summed E-state index contributed by atoms with van der Waals surface area (Å²) in [5.74, 6) is 1.69. The minimum atomic E-state index is -0.483. The summed E-state index contributed by atoms with van der Waals surface area (Å²) < 4.78 is 5.13. The van der Waals surface area contributed by atoms with E-state index in [9.17, 15) is 9.59 Å². The summed E-state index contributed by atoms with van der Waals surface area (Å²) in [6, 6.07) is 6.34. The van der Waals surface area contributed by atoms with Gasteiger partial charge in [0.05, 0.1) is 5.56 Å². The van der Waals surface area contributed by atoms with E-state index in [0.29, 0.717) is 17.5 Å². The van der Waals surface area contributed by atoms with Crippen LogP contribution in [0.3, 0.4) is 0 Å². The Labute approximate surface area is 106 Å². The fourth-order valence-corrected chi connectivity index (χ4v) is 1.39. The van der Waals surface area contributed by atoms with Crippen molar-refractivity contribution in [3.05, 3.63) is 35.4 Å². The quantitative estimate of drug-likeness (QED) is 0.647. The van der Waals surface area contributed by atoms with Gasteiger partial charge in [0.1, 0.15) is 6.10 Å². The topological polar surface area (TPSA) is 55.4 Å². The molecule has 0 aliphatic rings. The molecule has 0 fully saturated rings. The van der Waals surface area contributed by atoms with Crippen LogP contribution in [0, 0.1) is 12.3 Å². The van der Waals surface area contributed by atoms with Crippen molar-refractivity contribution in [3.8, 4) is 12.3 Å². The average molecular weight is 245 g/mol. The van der Waals surface area contributed by atoms with Gasteiger partial charge >= 0.3 is 5.97 Å². The first-order valence-corrected chi connectivity index (χ1v) is 5.55. The summed E-state index contributed by atoms with van der Waals surface area (Å²) in [7, 11) is 1.53. The van der Waals surface area contributed by atoms with E-state index in [4.69, 9.17) is 11.2 Å². The van der Waals surface area contributed by atoms with Crippen LogP contribution in [0.15, 0.2) is 24.3 Å². The van der Waals surface area contributed by atoms with Crippen molar-refractivity contribution >= 4 is 11.9 Å². The number of carbonyl (C=O) groups excluding carboxylic acids is 2. The smallest absolute Gasteiger partial charge is 0.338 e. The maximum atomic E-state index is 11.8. The van der Waals surface area contributed by atoms with Crippen LogP contribution in [0.1, 0.15) is 34.1 Å². The first-order valence-electron chi connectivity index (χ1n) is 5.55. The molecule has 0 aliphatic heterocycles. The van der Waals surface area contributed by atoms with E-state index in [2.05, 4.69) is 11.2 Å². The molecule has 0 bridgehead atoms. The normalized spacial score (nSPS) is 11.2. The molecule has 1 amide bonds. The molecule has 94 valence electrons. The van der Waals surface area contributed by atoms with E-state index in [1.54, 1.807) is 25.1 Å². The highest BCUT2D eigenvalue weighted by molar-refractivity contribution is 5.97. The average Bonchev–Trinajstić information content (AvgIpc) is 2.38. The molecule has 0 radical (unpaired) electrons. The van der Waals surface area contributed by atoms with Crippen molar-refractivity contribution in [2.24, 2.45) is 0 Å². The zero-order chi connectivity index (χ0) is 13.5. The second-order valence-corrected chi connectivity index (χ2v) is 3.78. The Bertz CT molecular complexity index is 488. The highest BCUT2D eigenvalue weighted by atomic mass is 16.5. The third-order valence-corrected chi connectivity index (χ3v) is 2.30. The number of rotatable bonds is 4. The van der Waals surface area contributed by atoms with E-state index in [-0.39, 0.29) is 12.0 Å². The minimum absolute atomic E-state index is 0.249. The summed E-state index contributed by atoms with van der Waals surface area (Å²) >= 11 is 0. The van der Waals surface area contributed by atoms with Crippen LogP contribution < -0.4 is 5.32 Å². The van der Waals surface area contributed by atoms with E-state index in [0.717, 1.165) is 0 Å². The summed E-state index contributed by atoms with van der Waals surface area (Å²) in [5, 5.41) is 2.49. The summed E-state index contributed by atoms with van der Waals surface area (Å²) in [4.78, 5) is 23.2. The molecule has 1 aromatic carbocycles. The predicted molar refractivity (Wildman–Crippen MR) is 68.2 cm³/mol. The van der Waals surface area contributed by atoms with Gasteiger partial charge in [-0.3, -0.25) is 4.79 Å². The van der Waals surface area contributed by atoms with Crippen molar-refractivity contribution in [1.29, 1.82) is 0 Å². The SMILES string of the molecule is C#CC[C@@H](C)OC(=O)c1cccc(C(=O)NC)c1. The van der Waals surface area contributed by atoms with Crippen LogP contribution in [0.25, 0.3) is 0 Å². The molecular formula is C14H15NO3. The molecule has 1 rings (SSSR count). The molecule has 1 aromatic rings. The van der Waals surface area contributed by atoms with Crippen molar-refractivity contribution in [2.75, 3.05) is 7.05 Å². The number of hydrogen-bond acceptors (Lipinski definition) is 3. The van der Waals surface area contributed by atoms with Gasteiger partial charge in [0.25, 0.3) is 5.91 Å². The first kappa shape index (κ1) is 13.8. The first-order chi connectivity index (χ1) is 8.58. The highest BCUT2D eigenvalue weighted by Gasteiger charge is 2.13. The third kappa shape index (κ3) is 3.63. The molecule has 0 aromatic heterocycles. The van der Waals surface area contributed by atoms with Crippen LogP contribution >= 0.6 is 0 Å². The van der Waals surface area contributed by atoms with Crippen molar-refractivity contribution < 1.29 is 14.3 Å². The highest BCUT2D eigenvalue weighted by Crippen LogP contribution is 2.09. The largest absolute Gasteiger partial charge is 0.458 e. The number of hydrogen-bond donors (Lipinski definition) is 1. The Morgan fingerprint density at radius 2 is 2.11 bits per heavy atom. The van der Waals surface area contributed by atoms with Crippen LogP contribution in [0.4, 0.5) is 0 Å². The van der Waals surface area contributed by atoms with Crippen LogP contribution in [-0.2, 0) is 4.74 Å². The minimum Gasteiger partial charge on any atom is -0.458 e. The number of ether oxygens (including phenoxy) is 1. The lowest BCUT2D eigenvalue weighted by Gasteiger charge is -2.10.